The fourth-order valence-corrected chi connectivity index (χ4v) is 0.550. The second-order valence-corrected chi connectivity index (χ2v) is 1.78. The van der Waals surface area contributed by atoms with E-state index in [1.807, 2.05) is 0 Å². The molecule has 0 saturated heterocycles. The van der Waals surface area contributed by atoms with E-state index in [4.69, 9.17) is 20.4 Å². The van der Waals surface area contributed by atoms with E-state index in [9.17, 15) is 10.1 Å². The largest absolute Gasteiger partial charge is 0.724 e. The molecular formula is C8H5N3O4-2. The molecule has 1 aromatic carbocycles. The van der Waals surface area contributed by atoms with Crippen LogP contribution in [0.1, 0.15) is 0 Å². The highest BCUT2D eigenvalue weighted by atomic mass is 16.6. The molecule has 0 aliphatic carbocycles. The Hall–Kier alpha value is -2.62. The minimum Gasteiger partial charge on any atom is -0.724 e. The molecule has 0 saturated carbocycles. The smallest absolute Gasteiger partial charge is 0.269 e. The van der Waals surface area contributed by atoms with Gasteiger partial charge in [-0.3, -0.25) is 19.7 Å². The molecule has 0 bridgehead atoms. The number of benzene rings is 1. The average molecular weight is 207 g/mol. The fourth-order valence-electron chi connectivity index (χ4n) is 0.550. The van der Waals surface area contributed by atoms with Crippen LogP contribution in [0, 0.1) is 10.1 Å². The maximum Gasteiger partial charge on any atom is 0.269 e. The first-order chi connectivity index (χ1) is 7.13. The molecule has 15 heavy (non-hydrogen) atoms. The van der Waals surface area contributed by atoms with Gasteiger partial charge in [0, 0.05) is 12.1 Å². The molecule has 0 heterocycles. The predicted octanol–water partition coefficient (Wildman–Crippen LogP) is 1.38. The summed E-state index contributed by atoms with van der Waals surface area (Å²) in [5.41, 5.74) is 0.137. The number of non-ortho nitro benzene ring substituents is 1. The standard InChI is InChI=1S/C6H5NO2.2CNO/c8-7(9)6-4-2-1-3-5-6;2*2-1-3/h1-5H;;/q;2*-1. The van der Waals surface area contributed by atoms with Crippen molar-refractivity contribution in [2.75, 3.05) is 0 Å². The van der Waals surface area contributed by atoms with Gasteiger partial charge in [0.15, 0.2) is 0 Å². The average Bonchev–Trinajstić information content (AvgIpc) is 2.21. The van der Waals surface area contributed by atoms with Gasteiger partial charge in [-0.2, -0.15) is 0 Å². The molecule has 0 aromatic heterocycles. The first-order valence-corrected chi connectivity index (χ1v) is 3.35. The predicted molar refractivity (Wildman–Crippen MR) is 51.2 cm³/mol. The van der Waals surface area contributed by atoms with Crippen molar-refractivity contribution < 1.29 is 14.5 Å². The summed E-state index contributed by atoms with van der Waals surface area (Å²) >= 11 is 0. The lowest BCUT2D eigenvalue weighted by molar-refractivity contribution is -0.384. The Morgan fingerprint density at radius 3 is 1.60 bits per heavy atom. The van der Waals surface area contributed by atoms with Crippen molar-refractivity contribution in [1.82, 2.24) is 0 Å². The van der Waals surface area contributed by atoms with E-state index in [0.29, 0.717) is 12.2 Å². The molecule has 0 spiro atoms. The SMILES string of the molecule is O=[N+]([O-])c1ccccc1.[N-]=C=O.[N-]=C=O. The van der Waals surface area contributed by atoms with E-state index in [0.717, 1.165) is 0 Å². The van der Waals surface area contributed by atoms with Gasteiger partial charge in [0.05, 0.1) is 4.92 Å². The van der Waals surface area contributed by atoms with Crippen molar-refractivity contribution in [3.05, 3.63) is 51.3 Å². The summed E-state index contributed by atoms with van der Waals surface area (Å²) in [4.78, 5) is 26.1. The van der Waals surface area contributed by atoms with E-state index in [1.165, 1.54) is 12.1 Å². The van der Waals surface area contributed by atoms with E-state index >= 15 is 0 Å². The number of hydrogen-bond donors (Lipinski definition) is 0. The fraction of sp³-hybridized carbons (Fsp3) is 0. The van der Waals surface area contributed by atoms with Gasteiger partial charge in [-0.15, -0.1) is 0 Å². The number of nitro benzene ring substituents is 1. The molecule has 0 aliphatic heterocycles. The summed E-state index contributed by atoms with van der Waals surface area (Å²) in [6, 6.07) is 7.93. The molecular weight excluding hydrogens is 202 g/mol. The van der Waals surface area contributed by atoms with Crippen LogP contribution in [-0.4, -0.2) is 17.1 Å². The van der Waals surface area contributed by atoms with Crippen LogP contribution in [0.15, 0.2) is 30.3 Å². The summed E-state index contributed by atoms with van der Waals surface area (Å²) in [5.74, 6) is 0. The van der Waals surface area contributed by atoms with Crippen LogP contribution < -0.4 is 0 Å². The highest BCUT2D eigenvalue weighted by Gasteiger charge is 1.98. The molecule has 0 N–H and O–H groups in total. The van der Waals surface area contributed by atoms with E-state index in [1.54, 1.807) is 18.2 Å². The highest BCUT2D eigenvalue weighted by Crippen LogP contribution is 2.06. The zero-order valence-corrected chi connectivity index (χ0v) is 7.36. The van der Waals surface area contributed by atoms with E-state index in [-0.39, 0.29) is 5.69 Å². The third kappa shape index (κ3) is 11.4. The van der Waals surface area contributed by atoms with Crippen molar-refractivity contribution >= 4 is 17.8 Å². The van der Waals surface area contributed by atoms with E-state index < -0.39 is 4.92 Å². The second kappa shape index (κ2) is 11.4. The lowest BCUT2D eigenvalue weighted by Gasteiger charge is -1.85. The molecule has 7 nitrogen and oxygen atoms in total. The summed E-state index contributed by atoms with van der Waals surface area (Å²) in [6.07, 6.45) is 1.00. The Balaban J connectivity index is 0. The minimum absolute atomic E-state index is 0.137. The highest BCUT2D eigenvalue weighted by molar-refractivity contribution is 5.37. The van der Waals surface area contributed by atoms with Crippen molar-refractivity contribution in [1.29, 1.82) is 0 Å². The number of nitro groups is 1. The monoisotopic (exact) mass is 207 g/mol. The molecule has 0 amide bonds. The minimum atomic E-state index is -0.417. The first kappa shape index (κ1) is 14.9. The maximum atomic E-state index is 10.0. The molecule has 1 aromatic rings. The first-order valence-electron chi connectivity index (χ1n) is 3.35. The van der Waals surface area contributed by atoms with Gasteiger partial charge in [-0.05, 0) is 12.2 Å². The Morgan fingerprint density at radius 2 is 1.40 bits per heavy atom. The summed E-state index contributed by atoms with van der Waals surface area (Å²) < 4.78 is 0. The summed E-state index contributed by atoms with van der Waals surface area (Å²) in [6.45, 7) is 0. The van der Waals surface area contributed by atoms with Gasteiger partial charge in [-0.1, -0.05) is 18.2 Å². The number of carbonyl (C=O) groups excluding carboxylic acids is 2. The lowest BCUT2D eigenvalue weighted by atomic mass is 10.3. The van der Waals surface area contributed by atoms with Crippen molar-refractivity contribution in [3.63, 3.8) is 0 Å². The molecule has 1 rings (SSSR count). The summed E-state index contributed by atoms with van der Waals surface area (Å²) in [7, 11) is 0. The van der Waals surface area contributed by atoms with Crippen molar-refractivity contribution in [3.8, 4) is 0 Å². The van der Waals surface area contributed by atoms with Gasteiger partial charge in [0.25, 0.3) is 5.69 Å². The molecule has 78 valence electrons. The second-order valence-electron chi connectivity index (χ2n) is 1.78. The quantitative estimate of drug-likeness (QED) is 0.298. The lowest BCUT2D eigenvalue weighted by Crippen LogP contribution is -1.84. The maximum absolute atomic E-state index is 10.0. The molecule has 0 radical (unpaired) electrons. The number of para-hydroxylation sites is 1. The summed E-state index contributed by atoms with van der Waals surface area (Å²) in [5, 5.41) is 23.5. The van der Waals surface area contributed by atoms with Crippen LogP contribution >= 0.6 is 0 Å². The molecule has 0 atom stereocenters. The Labute approximate surface area is 84.5 Å². The third-order valence-electron chi connectivity index (χ3n) is 0.967. The number of hydrogen-bond acceptors (Lipinski definition) is 4. The zero-order chi connectivity index (χ0) is 12.1. The zero-order valence-electron chi connectivity index (χ0n) is 7.36. The molecule has 7 heteroatoms. The number of rotatable bonds is 1. The van der Waals surface area contributed by atoms with Crippen LogP contribution in [0.25, 0.3) is 10.8 Å². The number of isocyanates is 2. The molecule has 0 fully saturated rings. The van der Waals surface area contributed by atoms with Crippen molar-refractivity contribution in [2.45, 2.75) is 0 Å². The van der Waals surface area contributed by atoms with Crippen LogP contribution in [0.2, 0.25) is 0 Å². The van der Waals surface area contributed by atoms with Gasteiger partial charge in [0.2, 0.25) is 0 Å². The number of nitrogens with zero attached hydrogens (tertiary/aromatic N) is 3. The van der Waals surface area contributed by atoms with Crippen LogP contribution in [0.3, 0.4) is 0 Å². The molecule has 0 aliphatic rings. The third-order valence-corrected chi connectivity index (χ3v) is 0.967. The van der Waals surface area contributed by atoms with Gasteiger partial charge in [0.1, 0.15) is 0 Å². The van der Waals surface area contributed by atoms with Gasteiger partial charge >= 0.3 is 0 Å². The van der Waals surface area contributed by atoms with Crippen LogP contribution in [0.5, 0.6) is 0 Å². The Bertz CT molecular complexity index is 339. The van der Waals surface area contributed by atoms with Gasteiger partial charge in [-0.25, -0.2) is 0 Å². The normalized spacial score (nSPS) is 6.40. The topological polar surface area (TPSA) is 122 Å². The Morgan fingerprint density at radius 1 is 1.07 bits per heavy atom. The van der Waals surface area contributed by atoms with Crippen LogP contribution in [0.4, 0.5) is 5.69 Å². The van der Waals surface area contributed by atoms with Crippen molar-refractivity contribution in [2.24, 2.45) is 0 Å². The van der Waals surface area contributed by atoms with Crippen LogP contribution in [-0.2, 0) is 9.59 Å². The van der Waals surface area contributed by atoms with Gasteiger partial charge < -0.3 is 10.8 Å². The Kier molecular flexibility index (Phi) is 11.3. The molecule has 0 unspecified atom stereocenters. The van der Waals surface area contributed by atoms with E-state index in [2.05, 4.69) is 0 Å².